The summed E-state index contributed by atoms with van der Waals surface area (Å²) in [6.07, 6.45) is -3.88. The van der Waals surface area contributed by atoms with Crippen LogP contribution < -0.4 is 5.46 Å². The number of hydrogen-bond donors (Lipinski definition) is 2. The number of halogens is 3. The lowest BCUT2D eigenvalue weighted by molar-refractivity contribution is -0.146. The topological polar surface area (TPSA) is 113 Å². The van der Waals surface area contributed by atoms with Crippen molar-refractivity contribution in [2.24, 2.45) is 5.92 Å². The van der Waals surface area contributed by atoms with E-state index in [0.717, 1.165) is 11.1 Å². The zero-order valence-electron chi connectivity index (χ0n) is 17.6. The molecule has 1 aromatic heterocycles. The van der Waals surface area contributed by atoms with Gasteiger partial charge in [-0.05, 0) is 41.6 Å². The zero-order chi connectivity index (χ0) is 23.8. The van der Waals surface area contributed by atoms with Gasteiger partial charge in [-0.15, -0.1) is 0 Å². The van der Waals surface area contributed by atoms with E-state index in [-0.39, 0.29) is 17.9 Å². The molecule has 2 heterocycles. The number of aromatic nitrogens is 2. The summed E-state index contributed by atoms with van der Waals surface area (Å²) in [4.78, 5) is 33.1. The molecule has 0 bridgehead atoms. The first-order valence-corrected chi connectivity index (χ1v) is 9.76. The number of amides is 1. The lowest BCUT2D eigenvalue weighted by atomic mass is 9.75. The van der Waals surface area contributed by atoms with Crippen molar-refractivity contribution < 1.29 is 37.5 Å². The Labute approximate surface area is 182 Å². The molecular weight excluding hydrogens is 430 g/mol. The third kappa shape index (κ3) is 4.60. The highest BCUT2D eigenvalue weighted by Gasteiger charge is 2.38. The molecule has 0 fully saturated rings. The van der Waals surface area contributed by atoms with Crippen LogP contribution in [0.2, 0.25) is 0 Å². The van der Waals surface area contributed by atoms with Gasteiger partial charge in [0.25, 0.3) is 5.91 Å². The molecule has 1 aromatic carbocycles. The standard InChI is InChI=1S/C20H21BF3N3O5/c1-10(2)16(18(29)30)27(8-13-6-7-25-19(26-13)20(22,23)24)17(28)14-5-4-12-9-32-21(31)15(12)11(14)3/h4-7,10,16,31H,8-9H2,1-3H3,(H,29,30)/t16-/m0/s1. The molecule has 0 spiro atoms. The summed E-state index contributed by atoms with van der Waals surface area (Å²) in [7, 11) is -1.22. The predicted octanol–water partition coefficient (Wildman–Crippen LogP) is 1.77. The number of nitrogens with zero attached hydrogens (tertiary/aromatic N) is 3. The van der Waals surface area contributed by atoms with E-state index in [2.05, 4.69) is 9.97 Å². The van der Waals surface area contributed by atoms with E-state index < -0.39 is 49.5 Å². The van der Waals surface area contributed by atoms with E-state index in [1.54, 1.807) is 26.8 Å². The lowest BCUT2D eigenvalue weighted by Crippen LogP contribution is -2.48. The Kier molecular flexibility index (Phi) is 6.56. The summed E-state index contributed by atoms with van der Waals surface area (Å²) in [5, 5.41) is 19.8. The molecule has 0 unspecified atom stereocenters. The van der Waals surface area contributed by atoms with Crippen LogP contribution in [0.1, 0.15) is 46.9 Å². The summed E-state index contributed by atoms with van der Waals surface area (Å²) in [5.41, 5.74) is 1.49. The summed E-state index contributed by atoms with van der Waals surface area (Å²) >= 11 is 0. The molecule has 8 nitrogen and oxygen atoms in total. The number of carboxylic acid groups (broad SMARTS) is 1. The van der Waals surface area contributed by atoms with Crippen LogP contribution in [-0.4, -0.2) is 50.0 Å². The highest BCUT2D eigenvalue weighted by molar-refractivity contribution is 6.62. The molecule has 0 saturated carbocycles. The Morgan fingerprint density at radius 3 is 2.56 bits per heavy atom. The van der Waals surface area contributed by atoms with Gasteiger partial charge in [0.15, 0.2) is 0 Å². The molecule has 1 atom stereocenters. The molecule has 1 aliphatic heterocycles. The molecule has 1 amide bonds. The van der Waals surface area contributed by atoms with Crippen LogP contribution in [0.3, 0.4) is 0 Å². The number of alkyl halides is 3. The van der Waals surface area contributed by atoms with Crippen LogP contribution in [0.4, 0.5) is 13.2 Å². The predicted molar refractivity (Wildman–Crippen MR) is 107 cm³/mol. The first-order valence-electron chi connectivity index (χ1n) is 9.76. The molecule has 170 valence electrons. The molecule has 12 heteroatoms. The average molecular weight is 451 g/mol. The molecular formula is C20H21BF3N3O5. The number of carboxylic acids is 1. The molecule has 2 N–H and O–H groups in total. The minimum atomic E-state index is -4.79. The van der Waals surface area contributed by atoms with Crippen molar-refractivity contribution in [3.8, 4) is 0 Å². The van der Waals surface area contributed by atoms with Crippen molar-refractivity contribution in [1.82, 2.24) is 14.9 Å². The number of benzene rings is 1. The summed E-state index contributed by atoms with van der Waals surface area (Å²) in [6.45, 7) is 4.47. The van der Waals surface area contributed by atoms with Crippen LogP contribution in [0, 0.1) is 12.8 Å². The highest BCUT2D eigenvalue weighted by atomic mass is 19.4. The monoisotopic (exact) mass is 451 g/mol. The third-order valence-corrected chi connectivity index (χ3v) is 5.26. The van der Waals surface area contributed by atoms with E-state index >= 15 is 0 Å². The van der Waals surface area contributed by atoms with Crippen molar-refractivity contribution in [3.05, 3.63) is 52.6 Å². The number of carbonyl (C=O) groups excluding carboxylic acids is 1. The summed E-state index contributed by atoms with van der Waals surface area (Å²) in [5.74, 6) is -3.95. The van der Waals surface area contributed by atoms with Crippen molar-refractivity contribution >= 4 is 24.5 Å². The first-order chi connectivity index (χ1) is 14.9. The van der Waals surface area contributed by atoms with Gasteiger partial charge >= 0.3 is 19.3 Å². The van der Waals surface area contributed by atoms with Crippen LogP contribution in [-0.2, 0) is 28.8 Å². The molecule has 1 aliphatic rings. The third-order valence-electron chi connectivity index (χ3n) is 5.26. The maximum Gasteiger partial charge on any atom is 0.492 e. The van der Waals surface area contributed by atoms with Crippen molar-refractivity contribution in [2.45, 2.75) is 46.1 Å². The van der Waals surface area contributed by atoms with E-state index in [0.29, 0.717) is 16.6 Å². The normalized spacial score (nSPS) is 14.4. The van der Waals surface area contributed by atoms with Gasteiger partial charge in [0.05, 0.1) is 18.8 Å². The Morgan fingerprint density at radius 1 is 1.28 bits per heavy atom. The Morgan fingerprint density at radius 2 is 1.97 bits per heavy atom. The van der Waals surface area contributed by atoms with E-state index in [1.165, 1.54) is 12.1 Å². The van der Waals surface area contributed by atoms with E-state index in [1.807, 2.05) is 0 Å². The number of hydrogen-bond acceptors (Lipinski definition) is 6. The van der Waals surface area contributed by atoms with Gasteiger partial charge in [0.1, 0.15) is 6.04 Å². The second-order valence-corrected chi connectivity index (χ2v) is 7.80. The average Bonchev–Trinajstić information content (AvgIpc) is 3.08. The molecule has 0 radical (unpaired) electrons. The number of aliphatic carboxylic acids is 1. The fraction of sp³-hybridized carbons (Fsp3) is 0.400. The van der Waals surface area contributed by atoms with Crippen molar-refractivity contribution in [2.75, 3.05) is 0 Å². The van der Waals surface area contributed by atoms with Crippen LogP contribution in [0.25, 0.3) is 0 Å². The van der Waals surface area contributed by atoms with Gasteiger partial charge < -0.3 is 19.7 Å². The molecule has 3 rings (SSSR count). The van der Waals surface area contributed by atoms with E-state index in [4.69, 9.17) is 4.65 Å². The summed E-state index contributed by atoms with van der Waals surface area (Å²) < 4.78 is 44.3. The highest BCUT2D eigenvalue weighted by Crippen LogP contribution is 2.27. The lowest BCUT2D eigenvalue weighted by Gasteiger charge is -2.32. The van der Waals surface area contributed by atoms with Crippen LogP contribution in [0.15, 0.2) is 24.4 Å². The first kappa shape index (κ1) is 23.7. The molecule has 2 aromatic rings. The smallest absolute Gasteiger partial charge is 0.480 e. The zero-order valence-corrected chi connectivity index (χ0v) is 17.6. The van der Waals surface area contributed by atoms with Gasteiger partial charge in [-0.25, -0.2) is 14.8 Å². The van der Waals surface area contributed by atoms with E-state index in [9.17, 15) is 32.9 Å². The van der Waals surface area contributed by atoms with Gasteiger partial charge in [0, 0.05) is 11.8 Å². The summed E-state index contributed by atoms with van der Waals surface area (Å²) in [6, 6.07) is 2.95. The number of rotatable bonds is 6. The Bertz CT molecular complexity index is 1050. The number of carbonyl (C=O) groups is 2. The molecule has 32 heavy (non-hydrogen) atoms. The molecule has 0 aliphatic carbocycles. The minimum absolute atomic E-state index is 0.116. The SMILES string of the molecule is Cc1c(C(=O)N(Cc2ccnc(C(F)(F)F)n2)[C@H](C(=O)O)C(C)C)ccc2c1B(O)OC2. The van der Waals surface area contributed by atoms with Gasteiger partial charge in [-0.3, -0.25) is 4.79 Å². The second-order valence-electron chi connectivity index (χ2n) is 7.80. The number of fused-ring (bicyclic) bond motifs is 1. The Hall–Kier alpha value is -2.99. The van der Waals surface area contributed by atoms with Crippen LogP contribution >= 0.6 is 0 Å². The maximum absolute atomic E-state index is 13.5. The largest absolute Gasteiger partial charge is 0.492 e. The van der Waals surface area contributed by atoms with Crippen molar-refractivity contribution in [1.29, 1.82) is 0 Å². The maximum atomic E-state index is 13.5. The van der Waals surface area contributed by atoms with Gasteiger partial charge in [-0.2, -0.15) is 13.2 Å². The van der Waals surface area contributed by atoms with Gasteiger partial charge in [-0.1, -0.05) is 19.9 Å². The fourth-order valence-corrected chi connectivity index (χ4v) is 3.76. The minimum Gasteiger partial charge on any atom is -0.480 e. The van der Waals surface area contributed by atoms with Crippen molar-refractivity contribution in [3.63, 3.8) is 0 Å². The molecule has 0 saturated heterocycles. The van der Waals surface area contributed by atoms with Crippen LogP contribution in [0.5, 0.6) is 0 Å². The Balaban J connectivity index is 2.06. The van der Waals surface area contributed by atoms with Gasteiger partial charge in [0.2, 0.25) is 5.82 Å². The fourth-order valence-electron chi connectivity index (χ4n) is 3.76. The quantitative estimate of drug-likeness (QED) is 0.644. The second kappa shape index (κ2) is 8.87.